The zero-order valence-electron chi connectivity index (χ0n) is 10.8. The second-order valence-corrected chi connectivity index (χ2v) is 3.57. The molecule has 1 N–H and O–H groups in total. The summed E-state index contributed by atoms with van der Waals surface area (Å²) in [7, 11) is 0. The lowest BCUT2D eigenvalue weighted by molar-refractivity contribution is -0.159. The van der Waals surface area contributed by atoms with Crippen molar-refractivity contribution in [2.75, 3.05) is 0 Å². The first kappa shape index (κ1) is 18.0. The van der Waals surface area contributed by atoms with Gasteiger partial charge in [-0.25, -0.2) is 0 Å². The summed E-state index contributed by atoms with van der Waals surface area (Å²) in [5.74, 6) is -1.61. The number of rotatable bonds is 6. The second-order valence-electron chi connectivity index (χ2n) is 3.57. The molecule has 0 atom stereocenters. The molecular weight excluding hydrogens is 224 g/mol. The lowest BCUT2D eigenvalue weighted by Crippen LogP contribution is -2.11. The van der Waals surface area contributed by atoms with Crippen LogP contribution in [0.3, 0.4) is 0 Å². The first-order valence-corrected chi connectivity index (χ1v) is 5.87. The molecule has 5 heteroatoms. The number of aliphatic carboxylic acids is 1. The molecular formula is C12H22O5. The summed E-state index contributed by atoms with van der Waals surface area (Å²) in [6.07, 6.45) is 4.18. The molecule has 0 radical (unpaired) electrons. The fourth-order valence-electron chi connectivity index (χ4n) is 0.871. The van der Waals surface area contributed by atoms with Gasteiger partial charge in [0, 0.05) is 19.8 Å². The minimum Gasteiger partial charge on any atom is -0.481 e. The van der Waals surface area contributed by atoms with Gasteiger partial charge >= 0.3 is 11.9 Å². The lowest BCUT2D eigenvalue weighted by atomic mass is 10.2. The van der Waals surface area contributed by atoms with Gasteiger partial charge in [0.1, 0.15) is 0 Å². The number of hydrogen-bond acceptors (Lipinski definition) is 4. The lowest BCUT2D eigenvalue weighted by Gasteiger charge is -2.00. The largest absolute Gasteiger partial charge is 0.481 e. The molecule has 0 spiro atoms. The third kappa shape index (κ3) is 20.6. The molecule has 17 heavy (non-hydrogen) atoms. The van der Waals surface area contributed by atoms with Crippen LogP contribution in [0.15, 0.2) is 0 Å². The number of carboxylic acid groups (broad SMARTS) is 1. The van der Waals surface area contributed by atoms with E-state index in [-0.39, 0.29) is 11.9 Å². The number of ether oxygens (including phenoxy) is 1. The van der Waals surface area contributed by atoms with Crippen molar-refractivity contribution in [3.63, 3.8) is 0 Å². The molecule has 0 aliphatic rings. The monoisotopic (exact) mass is 246 g/mol. The van der Waals surface area contributed by atoms with Gasteiger partial charge in [0.15, 0.2) is 0 Å². The molecule has 0 heterocycles. The zero-order chi connectivity index (χ0) is 13.7. The van der Waals surface area contributed by atoms with E-state index < -0.39 is 5.97 Å². The molecule has 0 unspecified atom stereocenters. The average molecular weight is 246 g/mol. The molecule has 0 saturated heterocycles. The summed E-state index contributed by atoms with van der Waals surface area (Å²) in [4.78, 5) is 30.9. The van der Waals surface area contributed by atoms with Crippen molar-refractivity contribution in [2.24, 2.45) is 0 Å². The molecule has 0 fully saturated rings. The van der Waals surface area contributed by atoms with Crippen molar-refractivity contribution < 1.29 is 24.2 Å². The quantitative estimate of drug-likeness (QED) is 0.575. The van der Waals surface area contributed by atoms with E-state index in [2.05, 4.69) is 4.74 Å². The normalized spacial score (nSPS) is 8.88. The van der Waals surface area contributed by atoms with E-state index in [1.807, 2.05) is 13.8 Å². The standard InChI is InChI=1S/C10H18O3.C2H4O2/c1-3-5-7-9(11)13-10(12)8-6-4-2;1-2(3)4/h3-8H2,1-2H3;1H3,(H,3,4). The van der Waals surface area contributed by atoms with Gasteiger partial charge < -0.3 is 9.84 Å². The first-order valence-electron chi connectivity index (χ1n) is 5.87. The third-order valence-corrected chi connectivity index (χ3v) is 1.70. The highest BCUT2D eigenvalue weighted by molar-refractivity contribution is 5.85. The van der Waals surface area contributed by atoms with E-state index in [0.29, 0.717) is 12.8 Å². The Morgan fingerprint density at radius 2 is 1.24 bits per heavy atom. The molecule has 0 aliphatic carbocycles. The van der Waals surface area contributed by atoms with Crippen LogP contribution in [0.2, 0.25) is 0 Å². The van der Waals surface area contributed by atoms with Crippen LogP contribution in [0, 0.1) is 0 Å². The predicted octanol–water partition coefficient (Wildman–Crippen LogP) is 2.53. The van der Waals surface area contributed by atoms with Crippen molar-refractivity contribution in [2.45, 2.75) is 59.3 Å². The van der Waals surface area contributed by atoms with Crippen LogP contribution in [-0.2, 0) is 19.1 Å². The fourth-order valence-corrected chi connectivity index (χ4v) is 0.871. The molecule has 0 rings (SSSR count). The molecule has 0 aromatic rings. The molecule has 5 nitrogen and oxygen atoms in total. The Morgan fingerprint density at radius 3 is 1.47 bits per heavy atom. The van der Waals surface area contributed by atoms with Crippen LogP contribution in [0.25, 0.3) is 0 Å². The predicted molar refractivity (Wildman–Crippen MR) is 63.5 cm³/mol. The van der Waals surface area contributed by atoms with E-state index in [9.17, 15) is 9.59 Å². The van der Waals surface area contributed by atoms with Crippen LogP contribution in [0.5, 0.6) is 0 Å². The van der Waals surface area contributed by atoms with Crippen molar-refractivity contribution in [1.29, 1.82) is 0 Å². The van der Waals surface area contributed by atoms with Crippen LogP contribution in [0.4, 0.5) is 0 Å². The molecule has 0 saturated carbocycles. The zero-order valence-corrected chi connectivity index (χ0v) is 10.8. The van der Waals surface area contributed by atoms with Crippen LogP contribution >= 0.6 is 0 Å². The van der Waals surface area contributed by atoms with E-state index in [0.717, 1.165) is 32.6 Å². The van der Waals surface area contributed by atoms with Crippen molar-refractivity contribution >= 4 is 17.9 Å². The van der Waals surface area contributed by atoms with Crippen LogP contribution < -0.4 is 0 Å². The third-order valence-electron chi connectivity index (χ3n) is 1.70. The topological polar surface area (TPSA) is 80.7 Å². The smallest absolute Gasteiger partial charge is 0.313 e. The number of esters is 2. The van der Waals surface area contributed by atoms with Gasteiger partial charge in [-0.05, 0) is 12.8 Å². The minimum atomic E-state index is -0.833. The number of hydrogen-bond donors (Lipinski definition) is 1. The summed E-state index contributed by atoms with van der Waals surface area (Å²) < 4.78 is 4.58. The van der Waals surface area contributed by atoms with E-state index in [1.54, 1.807) is 0 Å². The average Bonchev–Trinajstić information content (AvgIpc) is 2.22. The van der Waals surface area contributed by atoms with E-state index in [4.69, 9.17) is 9.90 Å². The van der Waals surface area contributed by atoms with Gasteiger partial charge in [0.05, 0.1) is 0 Å². The Hall–Kier alpha value is -1.39. The second kappa shape index (κ2) is 12.7. The Bertz CT molecular complexity index is 213. The molecule has 0 aliphatic heterocycles. The number of carboxylic acids is 1. The van der Waals surface area contributed by atoms with Gasteiger partial charge in [0.2, 0.25) is 0 Å². The van der Waals surface area contributed by atoms with Crippen molar-refractivity contribution in [3.05, 3.63) is 0 Å². The summed E-state index contributed by atoms with van der Waals surface area (Å²) >= 11 is 0. The number of carbonyl (C=O) groups is 3. The number of carbonyl (C=O) groups excluding carboxylic acids is 2. The molecule has 0 bridgehead atoms. The highest BCUT2D eigenvalue weighted by Gasteiger charge is 2.08. The van der Waals surface area contributed by atoms with Gasteiger partial charge in [-0.3, -0.25) is 14.4 Å². The highest BCUT2D eigenvalue weighted by Crippen LogP contribution is 2.00. The van der Waals surface area contributed by atoms with Crippen LogP contribution in [0.1, 0.15) is 59.3 Å². The maximum Gasteiger partial charge on any atom is 0.313 e. The van der Waals surface area contributed by atoms with Gasteiger partial charge in [-0.15, -0.1) is 0 Å². The number of unbranched alkanes of at least 4 members (excludes halogenated alkanes) is 2. The summed E-state index contributed by atoms with van der Waals surface area (Å²) in [5, 5.41) is 7.42. The maximum atomic E-state index is 10.9. The van der Waals surface area contributed by atoms with Crippen molar-refractivity contribution in [1.82, 2.24) is 0 Å². The SMILES string of the molecule is CC(=O)O.CCCCC(=O)OC(=O)CCCC. The van der Waals surface area contributed by atoms with Gasteiger partial charge in [0.25, 0.3) is 5.97 Å². The highest BCUT2D eigenvalue weighted by atomic mass is 16.6. The first-order chi connectivity index (χ1) is 7.93. The van der Waals surface area contributed by atoms with E-state index >= 15 is 0 Å². The van der Waals surface area contributed by atoms with Gasteiger partial charge in [-0.2, -0.15) is 0 Å². The molecule has 0 aromatic heterocycles. The molecule has 0 aromatic carbocycles. The maximum absolute atomic E-state index is 10.9. The summed E-state index contributed by atoms with van der Waals surface area (Å²) in [6.45, 7) is 5.07. The molecule has 0 amide bonds. The summed E-state index contributed by atoms with van der Waals surface area (Å²) in [5.41, 5.74) is 0. The Balaban J connectivity index is 0. The Kier molecular flexibility index (Phi) is 13.4. The summed E-state index contributed by atoms with van der Waals surface area (Å²) in [6, 6.07) is 0. The molecule has 100 valence electrons. The Labute approximate surface area is 102 Å². The van der Waals surface area contributed by atoms with Crippen molar-refractivity contribution in [3.8, 4) is 0 Å². The van der Waals surface area contributed by atoms with Gasteiger partial charge in [-0.1, -0.05) is 26.7 Å². The van der Waals surface area contributed by atoms with E-state index in [1.165, 1.54) is 0 Å². The Morgan fingerprint density at radius 1 is 0.941 bits per heavy atom. The van der Waals surface area contributed by atoms with Crippen LogP contribution in [-0.4, -0.2) is 23.0 Å². The fraction of sp³-hybridized carbons (Fsp3) is 0.750. The minimum absolute atomic E-state index is 0.356.